The number of imidazole rings is 1. The molecule has 3 aromatic rings. The van der Waals surface area contributed by atoms with E-state index in [0.717, 1.165) is 14.6 Å². The quantitative estimate of drug-likeness (QED) is 0.294. The van der Waals surface area contributed by atoms with Crippen LogP contribution in [0, 0.1) is 3.57 Å². The number of nitrogens with one attached hydrogen (secondary N) is 2. The second-order valence-corrected chi connectivity index (χ2v) is 8.65. The second-order valence-electron chi connectivity index (χ2n) is 7.40. The van der Waals surface area contributed by atoms with Gasteiger partial charge in [0.25, 0.3) is 5.91 Å². The highest BCUT2D eigenvalue weighted by atomic mass is 127. The molecule has 1 unspecified atom stereocenters. The number of carbonyl (C=O) groups excluding carboxylic acids is 2. The number of nitrogens with zero attached hydrogens (tertiary/aromatic N) is 2. The number of rotatable bonds is 8. The van der Waals surface area contributed by atoms with Crippen molar-refractivity contribution < 1.29 is 24.2 Å². The minimum Gasteiger partial charge on any atom is -0.491 e. The Hall–Kier alpha value is -2.70. The molecular weight excluding hydrogens is 527 g/mol. The van der Waals surface area contributed by atoms with E-state index in [4.69, 9.17) is 14.6 Å². The van der Waals surface area contributed by atoms with Gasteiger partial charge in [-0.15, -0.1) is 0 Å². The van der Waals surface area contributed by atoms with Crippen molar-refractivity contribution in [1.82, 2.24) is 20.2 Å². The van der Waals surface area contributed by atoms with E-state index in [9.17, 15) is 9.59 Å². The third-order valence-electron chi connectivity index (χ3n) is 5.38. The van der Waals surface area contributed by atoms with Crippen LogP contribution in [0.4, 0.5) is 4.79 Å². The molecule has 4 rings (SSSR count). The molecule has 3 amide bonds. The minimum absolute atomic E-state index is 0.0894. The maximum atomic E-state index is 13.4. The van der Waals surface area contributed by atoms with Crippen LogP contribution < -0.4 is 10.1 Å². The summed E-state index contributed by atoms with van der Waals surface area (Å²) in [5, 5.41) is 11.6. The van der Waals surface area contributed by atoms with Gasteiger partial charge < -0.3 is 24.9 Å². The van der Waals surface area contributed by atoms with E-state index in [2.05, 4.69) is 37.9 Å². The molecule has 0 bridgehead atoms. The third-order valence-corrected chi connectivity index (χ3v) is 6.05. The predicted octanol–water partition coefficient (Wildman–Crippen LogP) is 2.91. The van der Waals surface area contributed by atoms with Crippen LogP contribution >= 0.6 is 22.6 Å². The highest BCUT2D eigenvalue weighted by molar-refractivity contribution is 14.1. The molecule has 168 valence electrons. The molecular formula is C22H23IN4O5. The van der Waals surface area contributed by atoms with Gasteiger partial charge in [0.05, 0.1) is 23.7 Å². The Balaban J connectivity index is 1.64. The maximum absolute atomic E-state index is 13.4. The van der Waals surface area contributed by atoms with E-state index in [-0.39, 0.29) is 19.1 Å². The standard InChI is InChI=1S/C22H23IN4O5/c1-12(31-2)19(20-24-16-8-5-14(23)11-17(16)25-20)27-21(29)18(26-22(27)30)13-3-6-15(7-4-13)32-10-9-28/h3-8,11-12,18-19,28H,9-10H2,1-2H3,(H,24,25)(H,26,30)/t12-,18?,19+/m1/s1. The summed E-state index contributed by atoms with van der Waals surface area (Å²) < 4.78 is 11.9. The van der Waals surface area contributed by atoms with Crippen molar-refractivity contribution in [3.05, 3.63) is 57.4 Å². The number of aliphatic hydroxyl groups excluding tert-OH is 1. The van der Waals surface area contributed by atoms with Crippen molar-refractivity contribution in [3.63, 3.8) is 0 Å². The molecule has 0 saturated carbocycles. The molecule has 32 heavy (non-hydrogen) atoms. The topological polar surface area (TPSA) is 117 Å². The number of H-pyrrole nitrogens is 1. The fourth-order valence-electron chi connectivity index (χ4n) is 3.73. The van der Waals surface area contributed by atoms with Gasteiger partial charge in [0.2, 0.25) is 0 Å². The highest BCUT2D eigenvalue weighted by Gasteiger charge is 2.46. The normalized spacial score (nSPS) is 18.1. The van der Waals surface area contributed by atoms with Gasteiger partial charge >= 0.3 is 6.03 Å². The lowest BCUT2D eigenvalue weighted by Crippen LogP contribution is -2.41. The zero-order chi connectivity index (χ0) is 22.8. The van der Waals surface area contributed by atoms with Crippen LogP contribution in [-0.2, 0) is 9.53 Å². The highest BCUT2D eigenvalue weighted by Crippen LogP contribution is 2.33. The molecule has 2 heterocycles. The smallest absolute Gasteiger partial charge is 0.325 e. The van der Waals surface area contributed by atoms with Gasteiger partial charge in [0, 0.05) is 10.7 Å². The van der Waals surface area contributed by atoms with Crippen molar-refractivity contribution >= 4 is 45.6 Å². The molecule has 2 aromatic carbocycles. The van der Waals surface area contributed by atoms with Crippen molar-refractivity contribution in [2.75, 3.05) is 20.3 Å². The van der Waals surface area contributed by atoms with Crippen LogP contribution in [-0.4, -0.2) is 58.3 Å². The molecule has 0 spiro atoms. The van der Waals surface area contributed by atoms with Gasteiger partial charge in [-0.1, -0.05) is 12.1 Å². The number of urea groups is 1. The molecule has 3 N–H and O–H groups in total. The number of aromatic amines is 1. The number of imide groups is 1. The Bertz CT molecular complexity index is 1130. The first-order chi connectivity index (χ1) is 15.4. The maximum Gasteiger partial charge on any atom is 0.325 e. The van der Waals surface area contributed by atoms with Crippen LogP contribution in [0.1, 0.15) is 30.4 Å². The Labute approximate surface area is 198 Å². The summed E-state index contributed by atoms with van der Waals surface area (Å²) in [5.74, 6) is 0.662. The predicted molar refractivity (Wildman–Crippen MR) is 125 cm³/mol. The van der Waals surface area contributed by atoms with E-state index in [1.54, 1.807) is 31.2 Å². The number of carbonyl (C=O) groups is 2. The third kappa shape index (κ3) is 4.30. The second kappa shape index (κ2) is 9.43. The van der Waals surface area contributed by atoms with E-state index >= 15 is 0 Å². The average Bonchev–Trinajstić information content (AvgIpc) is 3.33. The van der Waals surface area contributed by atoms with Crippen molar-refractivity contribution in [2.24, 2.45) is 0 Å². The number of halogens is 1. The molecule has 1 saturated heterocycles. The van der Waals surface area contributed by atoms with Crippen LogP contribution in [0.15, 0.2) is 42.5 Å². The molecule has 10 heteroatoms. The fourth-order valence-corrected chi connectivity index (χ4v) is 4.20. The number of hydrogen-bond acceptors (Lipinski definition) is 6. The Kier molecular flexibility index (Phi) is 6.63. The van der Waals surface area contributed by atoms with E-state index in [0.29, 0.717) is 17.1 Å². The van der Waals surface area contributed by atoms with Crippen molar-refractivity contribution in [2.45, 2.75) is 25.1 Å². The number of ether oxygens (including phenoxy) is 2. The van der Waals surface area contributed by atoms with Gasteiger partial charge in [0.1, 0.15) is 30.3 Å². The fraction of sp³-hybridized carbons (Fsp3) is 0.318. The SMILES string of the molecule is CO[C@H](C)[C@@H](c1nc2cc(I)ccc2[nH]1)N1C(=O)NC(c2ccc(OCCO)cc2)C1=O. The molecule has 0 radical (unpaired) electrons. The first-order valence-electron chi connectivity index (χ1n) is 10.1. The number of hydrogen-bond donors (Lipinski definition) is 3. The Morgan fingerprint density at radius 3 is 2.66 bits per heavy atom. The average molecular weight is 550 g/mol. The zero-order valence-electron chi connectivity index (χ0n) is 17.5. The minimum atomic E-state index is -0.828. The largest absolute Gasteiger partial charge is 0.491 e. The van der Waals surface area contributed by atoms with Crippen molar-refractivity contribution in [1.29, 1.82) is 0 Å². The van der Waals surface area contributed by atoms with Crippen LogP contribution in [0.2, 0.25) is 0 Å². The van der Waals surface area contributed by atoms with E-state index < -0.39 is 24.2 Å². The number of amides is 3. The first kappa shape index (κ1) is 22.5. The van der Waals surface area contributed by atoms with Crippen LogP contribution in [0.5, 0.6) is 5.75 Å². The molecule has 1 aliphatic rings. The summed E-state index contributed by atoms with van der Waals surface area (Å²) >= 11 is 2.21. The van der Waals surface area contributed by atoms with E-state index in [1.807, 2.05) is 18.2 Å². The van der Waals surface area contributed by atoms with Gasteiger partial charge in [-0.25, -0.2) is 14.7 Å². The summed E-state index contributed by atoms with van der Waals surface area (Å²) in [6.45, 7) is 1.88. The summed E-state index contributed by atoms with van der Waals surface area (Å²) in [5.41, 5.74) is 2.20. The number of benzene rings is 2. The number of aromatic nitrogens is 2. The van der Waals surface area contributed by atoms with Crippen LogP contribution in [0.25, 0.3) is 11.0 Å². The lowest BCUT2D eigenvalue weighted by molar-refractivity contribution is -0.131. The number of fused-ring (bicyclic) bond motifs is 1. The summed E-state index contributed by atoms with van der Waals surface area (Å²) in [4.78, 5) is 35.3. The lowest BCUT2D eigenvalue weighted by Gasteiger charge is -2.28. The molecule has 1 fully saturated rings. The van der Waals surface area contributed by atoms with Crippen LogP contribution in [0.3, 0.4) is 0 Å². The number of aliphatic hydroxyl groups is 1. The van der Waals surface area contributed by atoms with Gasteiger partial charge in [-0.2, -0.15) is 0 Å². The Morgan fingerprint density at radius 1 is 1.22 bits per heavy atom. The van der Waals surface area contributed by atoms with Gasteiger partial charge in [-0.3, -0.25) is 4.79 Å². The molecule has 9 nitrogen and oxygen atoms in total. The Morgan fingerprint density at radius 2 is 1.97 bits per heavy atom. The molecule has 1 aliphatic heterocycles. The summed E-state index contributed by atoms with van der Waals surface area (Å²) in [7, 11) is 1.53. The zero-order valence-corrected chi connectivity index (χ0v) is 19.7. The van der Waals surface area contributed by atoms with Gasteiger partial charge in [-0.05, 0) is 65.4 Å². The molecule has 1 aromatic heterocycles. The first-order valence-corrected chi connectivity index (χ1v) is 11.2. The number of methoxy groups -OCH3 is 1. The van der Waals surface area contributed by atoms with Gasteiger partial charge in [0.15, 0.2) is 0 Å². The molecule has 3 atom stereocenters. The summed E-state index contributed by atoms with van der Waals surface area (Å²) in [6, 6.07) is 10.6. The van der Waals surface area contributed by atoms with Crippen molar-refractivity contribution in [3.8, 4) is 5.75 Å². The van der Waals surface area contributed by atoms with E-state index in [1.165, 1.54) is 12.0 Å². The lowest BCUT2D eigenvalue weighted by atomic mass is 10.1. The summed E-state index contributed by atoms with van der Waals surface area (Å²) in [6.07, 6.45) is -0.489. The molecule has 0 aliphatic carbocycles. The monoisotopic (exact) mass is 550 g/mol.